The third-order valence-corrected chi connectivity index (χ3v) is 4.45. The Morgan fingerprint density at radius 2 is 1.67 bits per heavy atom. The average Bonchev–Trinajstić information content (AvgIpc) is 2.14. The van der Waals surface area contributed by atoms with E-state index in [0.29, 0.717) is 20.8 Å². The van der Waals surface area contributed by atoms with Crippen LogP contribution in [0, 0.1) is 0 Å². The van der Waals surface area contributed by atoms with Crippen LogP contribution in [-0.4, -0.2) is 13.8 Å². The molecule has 0 spiro atoms. The lowest BCUT2D eigenvalue weighted by Gasteiger charge is -2.17. The quantitative estimate of drug-likeness (QED) is 0.600. The van der Waals surface area contributed by atoms with Crippen LogP contribution in [-0.2, 0) is 16.3 Å². The van der Waals surface area contributed by atoms with Gasteiger partial charge in [-0.1, -0.05) is 34.8 Å². The average molecular weight is 306 g/mol. The van der Waals surface area contributed by atoms with Crippen molar-refractivity contribution < 1.29 is 9.05 Å². The van der Waals surface area contributed by atoms with E-state index < -0.39 is 6.49 Å². The smallest absolute Gasteiger partial charge is 0.234 e. The molecule has 0 saturated carbocycles. The van der Waals surface area contributed by atoms with Crippen LogP contribution in [0.1, 0.15) is 0 Å². The molecule has 1 rings (SSSR count). The molecule has 0 aliphatic rings. The molecule has 0 N–H and O–H groups in total. The van der Waals surface area contributed by atoms with Crippen molar-refractivity contribution >= 4 is 53.1 Å². The largest absolute Gasteiger partial charge is 0.442 e. The highest BCUT2D eigenvalue weighted by atomic mass is 35.5. The van der Waals surface area contributed by atoms with Crippen molar-refractivity contribution in [1.29, 1.82) is 0 Å². The first-order valence-electron chi connectivity index (χ1n) is 3.83. The van der Waals surface area contributed by atoms with Crippen LogP contribution in [0.25, 0.3) is 0 Å². The fourth-order valence-corrected chi connectivity index (χ4v) is 2.24. The zero-order valence-electron chi connectivity index (χ0n) is 7.96. The Labute approximate surface area is 109 Å². The van der Waals surface area contributed by atoms with Gasteiger partial charge in [-0.15, -0.1) is 0 Å². The van der Waals surface area contributed by atoms with E-state index >= 15 is 0 Å². The van der Waals surface area contributed by atoms with Gasteiger partial charge in [0.15, 0.2) is 0 Å². The maximum atomic E-state index is 5.91. The molecule has 1 atom stereocenters. The predicted octanol–water partition coefficient (Wildman–Crippen LogP) is 4.61. The van der Waals surface area contributed by atoms with Crippen molar-refractivity contribution in [2.45, 2.75) is 0 Å². The Balaban J connectivity index is 3.06. The summed E-state index contributed by atoms with van der Waals surface area (Å²) >= 11 is 22.6. The molecule has 0 radical (unpaired) electrons. The first-order valence-corrected chi connectivity index (χ1v) is 8.05. The molecule has 0 heterocycles. The van der Waals surface area contributed by atoms with E-state index in [9.17, 15) is 0 Å². The van der Waals surface area contributed by atoms with E-state index in [4.69, 9.17) is 55.7 Å². The van der Waals surface area contributed by atoms with Gasteiger partial charge in [0, 0.05) is 19.8 Å². The van der Waals surface area contributed by atoms with Gasteiger partial charge in [-0.2, -0.15) is 0 Å². The Bertz CT molecular complexity index is 425. The second-order valence-electron chi connectivity index (χ2n) is 2.74. The van der Waals surface area contributed by atoms with E-state index in [2.05, 4.69) is 0 Å². The Kier molecular flexibility index (Phi) is 4.72. The SMILES string of the molecule is COP(C)(=S)Oc1cc(Cl)c(Cl)cc1Cl. The summed E-state index contributed by atoms with van der Waals surface area (Å²) in [5, 5.41) is 1.09. The lowest BCUT2D eigenvalue weighted by molar-refractivity contribution is 0.398. The molecule has 0 fully saturated rings. The minimum absolute atomic E-state index is 0.359. The van der Waals surface area contributed by atoms with Crippen LogP contribution >= 0.6 is 41.3 Å². The van der Waals surface area contributed by atoms with E-state index in [-0.39, 0.29) is 0 Å². The summed E-state index contributed by atoms with van der Waals surface area (Å²) < 4.78 is 10.5. The molecule has 0 aliphatic carbocycles. The maximum absolute atomic E-state index is 5.91. The number of hydrogen-bond donors (Lipinski definition) is 0. The van der Waals surface area contributed by atoms with E-state index in [0.717, 1.165) is 0 Å². The molecular formula is C8H8Cl3O2PS. The molecule has 0 amide bonds. The van der Waals surface area contributed by atoms with Crippen LogP contribution in [0.15, 0.2) is 12.1 Å². The first-order chi connectivity index (χ1) is 6.85. The monoisotopic (exact) mass is 304 g/mol. The van der Waals surface area contributed by atoms with Crippen molar-refractivity contribution in [2.24, 2.45) is 0 Å². The van der Waals surface area contributed by atoms with Gasteiger partial charge in [-0.05, 0) is 17.9 Å². The highest BCUT2D eigenvalue weighted by molar-refractivity contribution is 8.09. The first kappa shape index (κ1) is 13.6. The topological polar surface area (TPSA) is 18.5 Å². The maximum Gasteiger partial charge on any atom is 0.234 e. The Morgan fingerprint density at radius 1 is 1.13 bits per heavy atom. The van der Waals surface area contributed by atoms with E-state index in [1.165, 1.54) is 19.2 Å². The number of benzene rings is 1. The Morgan fingerprint density at radius 3 is 2.20 bits per heavy atom. The molecule has 0 saturated heterocycles. The molecule has 1 aromatic carbocycles. The van der Waals surface area contributed by atoms with Crippen molar-refractivity contribution in [3.63, 3.8) is 0 Å². The number of halogens is 3. The van der Waals surface area contributed by atoms with Gasteiger partial charge in [0.05, 0.1) is 15.1 Å². The van der Waals surface area contributed by atoms with E-state index in [1.54, 1.807) is 6.66 Å². The van der Waals surface area contributed by atoms with Crippen molar-refractivity contribution in [3.8, 4) is 5.75 Å². The molecule has 0 aliphatic heterocycles. The summed E-state index contributed by atoms with van der Waals surface area (Å²) in [5.74, 6) is 0.388. The lowest BCUT2D eigenvalue weighted by Crippen LogP contribution is -1.93. The fraction of sp³-hybridized carbons (Fsp3) is 0.250. The molecule has 0 bridgehead atoms. The van der Waals surface area contributed by atoms with Gasteiger partial charge in [-0.25, -0.2) is 0 Å². The molecule has 0 aromatic heterocycles. The number of hydrogen-bond acceptors (Lipinski definition) is 3. The fourth-order valence-electron chi connectivity index (χ4n) is 0.790. The summed E-state index contributed by atoms with van der Waals surface area (Å²) in [6.45, 7) is -0.614. The van der Waals surface area contributed by atoms with Gasteiger partial charge in [0.25, 0.3) is 0 Å². The summed E-state index contributed by atoms with van der Waals surface area (Å²) in [7, 11) is 1.49. The third kappa shape index (κ3) is 3.77. The van der Waals surface area contributed by atoms with Crippen molar-refractivity contribution in [1.82, 2.24) is 0 Å². The highest BCUT2D eigenvalue weighted by Crippen LogP contribution is 2.47. The van der Waals surface area contributed by atoms with Gasteiger partial charge in [0.1, 0.15) is 5.75 Å². The number of rotatable bonds is 3. The van der Waals surface area contributed by atoms with Crippen molar-refractivity contribution in [3.05, 3.63) is 27.2 Å². The molecular weight excluding hydrogens is 297 g/mol. The summed E-state index contributed by atoms with van der Waals surface area (Å²) in [4.78, 5) is 0. The van der Waals surface area contributed by atoms with Crippen LogP contribution in [0.2, 0.25) is 15.1 Å². The van der Waals surface area contributed by atoms with Crippen LogP contribution in [0.4, 0.5) is 0 Å². The zero-order chi connectivity index (χ0) is 11.6. The van der Waals surface area contributed by atoms with Gasteiger partial charge >= 0.3 is 0 Å². The lowest BCUT2D eigenvalue weighted by atomic mass is 10.3. The van der Waals surface area contributed by atoms with Gasteiger partial charge in [0.2, 0.25) is 6.49 Å². The summed E-state index contributed by atoms with van der Waals surface area (Å²) in [6.07, 6.45) is 0. The normalized spacial score (nSPS) is 14.7. The zero-order valence-corrected chi connectivity index (χ0v) is 11.9. The van der Waals surface area contributed by atoms with Gasteiger partial charge < -0.3 is 9.05 Å². The minimum atomic E-state index is -2.31. The molecule has 2 nitrogen and oxygen atoms in total. The van der Waals surface area contributed by atoms with Crippen LogP contribution < -0.4 is 4.52 Å². The second kappa shape index (κ2) is 5.22. The predicted molar refractivity (Wildman–Crippen MR) is 69.3 cm³/mol. The van der Waals surface area contributed by atoms with Crippen LogP contribution in [0.3, 0.4) is 0 Å². The van der Waals surface area contributed by atoms with E-state index in [1.807, 2.05) is 0 Å². The molecule has 1 unspecified atom stereocenters. The minimum Gasteiger partial charge on any atom is -0.442 e. The standard InChI is InChI=1S/C8H8Cl3O2PS/c1-12-14(2,15)13-8-4-6(10)5(9)3-7(8)11/h3-4H,1-2H3. The van der Waals surface area contributed by atoms with Crippen molar-refractivity contribution in [2.75, 3.05) is 13.8 Å². The Hall–Kier alpha value is 0.500. The summed E-state index contributed by atoms with van der Waals surface area (Å²) in [5.41, 5.74) is 0. The molecule has 15 heavy (non-hydrogen) atoms. The second-order valence-corrected chi connectivity index (χ2v) is 8.04. The molecule has 1 aromatic rings. The summed E-state index contributed by atoms with van der Waals surface area (Å²) in [6, 6.07) is 3.03. The van der Waals surface area contributed by atoms with Crippen LogP contribution in [0.5, 0.6) is 5.75 Å². The highest BCUT2D eigenvalue weighted by Gasteiger charge is 2.15. The molecule has 84 valence electrons. The third-order valence-electron chi connectivity index (χ3n) is 1.57. The van der Waals surface area contributed by atoms with Gasteiger partial charge in [-0.3, -0.25) is 0 Å². The molecule has 7 heteroatoms.